The van der Waals surface area contributed by atoms with Crippen molar-refractivity contribution in [2.75, 3.05) is 0 Å². The molecule has 0 radical (unpaired) electrons. The van der Waals surface area contributed by atoms with Crippen LogP contribution in [0.25, 0.3) is 0 Å². The van der Waals surface area contributed by atoms with Crippen LogP contribution in [0.15, 0.2) is 29.2 Å². The number of unbranched alkanes of at least 4 members (excludes halogenated alkanes) is 3. The first-order valence-corrected chi connectivity index (χ1v) is 19.5. The van der Waals surface area contributed by atoms with Gasteiger partial charge in [-0.2, -0.15) is 0 Å². The summed E-state index contributed by atoms with van der Waals surface area (Å²) in [4.78, 5) is 12.6. The van der Waals surface area contributed by atoms with Crippen molar-refractivity contribution in [2.24, 2.45) is 0 Å². The molecule has 0 amide bonds. The number of carboxylic acid groups (broad SMARTS) is 1. The molecule has 0 saturated carbocycles. The van der Waals surface area contributed by atoms with Gasteiger partial charge in [-0.05, 0) is 0 Å². The summed E-state index contributed by atoms with van der Waals surface area (Å²) in [5, 5.41) is 9.50. The molecule has 23 heavy (non-hydrogen) atoms. The van der Waals surface area contributed by atoms with E-state index in [0.29, 0.717) is 5.56 Å². The zero-order valence-electron chi connectivity index (χ0n) is 14.9. The quantitative estimate of drug-likeness (QED) is 0.360. The van der Waals surface area contributed by atoms with Crippen LogP contribution in [0, 0.1) is 0 Å². The molecule has 0 heterocycles. The number of aromatic carboxylic acids is 1. The minimum atomic E-state index is -2.40. The Bertz CT molecular complexity index is 454. The third-order valence-electron chi connectivity index (χ3n) is 4.40. The summed E-state index contributed by atoms with van der Waals surface area (Å²) >= 11 is -2.40. The summed E-state index contributed by atoms with van der Waals surface area (Å²) in [6, 6.07) is 7.63. The summed E-state index contributed by atoms with van der Waals surface area (Å²) < 4.78 is 4.18. The molecule has 1 aromatic carbocycles. The Balaban J connectivity index is 3.07. The number of hydrogen-bond donors (Lipinski definition) is 1. The Morgan fingerprint density at radius 2 is 1.43 bits per heavy atom. The second-order valence-electron chi connectivity index (χ2n) is 6.40. The Labute approximate surface area is 148 Å². The second kappa shape index (κ2) is 11.4. The van der Waals surface area contributed by atoms with E-state index < -0.39 is 23.0 Å². The molecule has 0 bridgehead atoms. The number of carboxylic acids is 1. The molecule has 2 nitrogen and oxygen atoms in total. The number of rotatable bonds is 12. The maximum absolute atomic E-state index is 11.6. The van der Waals surface area contributed by atoms with Gasteiger partial charge in [0.25, 0.3) is 0 Å². The van der Waals surface area contributed by atoms with Gasteiger partial charge in [-0.25, -0.2) is 0 Å². The van der Waals surface area contributed by atoms with Gasteiger partial charge >= 0.3 is 149 Å². The second-order valence-corrected chi connectivity index (χ2v) is 25.6. The Hall–Kier alpha value is -0.161. The van der Waals surface area contributed by atoms with Crippen LogP contribution in [-0.4, -0.2) is 28.1 Å². The predicted molar refractivity (Wildman–Crippen MR) is 104 cm³/mol. The first-order valence-electron chi connectivity index (χ1n) is 9.10. The van der Waals surface area contributed by atoms with Gasteiger partial charge in [0.2, 0.25) is 0 Å². The van der Waals surface area contributed by atoms with Gasteiger partial charge in [-0.1, -0.05) is 0 Å². The van der Waals surface area contributed by atoms with Crippen LogP contribution in [0.2, 0.25) is 13.3 Å². The summed E-state index contributed by atoms with van der Waals surface area (Å²) in [7, 11) is 2.04. The van der Waals surface area contributed by atoms with Crippen molar-refractivity contribution < 1.29 is 9.90 Å². The van der Waals surface area contributed by atoms with E-state index in [1.54, 1.807) is 6.07 Å². The van der Waals surface area contributed by atoms with Gasteiger partial charge in [0, 0.05) is 0 Å². The molecule has 0 atom stereocenters. The predicted octanol–water partition coefficient (Wildman–Crippen LogP) is 6.82. The van der Waals surface area contributed by atoms with Crippen molar-refractivity contribution in [2.45, 2.75) is 77.5 Å². The number of hydrogen-bond acceptors (Lipinski definition) is 2. The van der Waals surface area contributed by atoms with E-state index in [1.165, 1.54) is 51.8 Å². The van der Waals surface area contributed by atoms with E-state index in [2.05, 4.69) is 20.8 Å². The molecular weight excluding hydrogens is 411 g/mol. The molecule has 1 aromatic rings. The van der Waals surface area contributed by atoms with E-state index in [4.69, 9.17) is 0 Å². The van der Waals surface area contributed by atoms with E-state index in [1.807, 2.05) is 27.1 Å². The third-order valence-corrected chi connectivity index (χ3v) is 25.9. The first-order chi connectivity index (χ1) is 11.1. The molecule has 0 aromatic heterocycles. The molecule has 4 heteroatoms. The van der Waals surface area contributed by atoms with Crippen molar-refractivity contribution in [3.05, 3.63) is 29.8 Å². The van der Waals surface area contributed by atoms with Crippen LogP contribution in [0.1, 0.15) is 69.7 Å². The van der Waals surface area contributed by atoms with E-state index in [-0.39, 0.29) is 0 Å². The first kappa shape index (κ1) is 20.9. The molecule has 0 saturated heterocycles. The zero-order valence-corrected chi connectivity index (χ0v) is 18.6. The Morgan fingerprint density at radius 3 is 1.87 bits per heavy atom. The van der Waals surface area contributed by atoms with Crippen molar-refractivity contribution in [1.29, 1.82) is 0 Å². The van der Waals surface area contributed by atoms with E-state index in [9.17, 15) is 9.90 Å². The molecule has 0 aliphatic heterocycles. The summed E-state index contributed by atoms with van der Waals surface area (Å²) in [5.74, 6) is -0.783. The van der Waals surface area contributed by atoms with Gasteiger partial charge < -0.3 is 0 Å². The van der Waals surface area contributed by atoms with Gasteiger partial charge in [0.05, 0.1) is 0 Å². The standard InChI is InChI=1S/C7H6O2S.3C4H9.Sn/c8-7(9)5-3-1-2-4-6(5)10;3*1-3-4-2;/h1-4,10H,(H,8,9);3*1,3-4H2,2H3;/q;;;;+1/p-1. The molecule has 0 aliphatic carbocycles. The fraction of sp³-hybridized carbons (Fsp3) is 0.632. The maximum atomic E-state index is 11.6. The average molecular weight is 443 g/mol. The zero-order chi connectivity index (χ0) is 17.1. The molecule has 1 rings (SSSR count). The fourth-order valence-electron chi connectivity index (χ4n) is 2.99. The van der Waals surface area contributed by atoms with Gasteiger partial charge in [0.15, 0.2) is 0 Å². The van der Waals surface area contributed by atoms with Crippen molar-refractivity contribution in [3.63, 3.8) is 0 Å². The molecule has 0 unspecified atom stereocenters. The monoisotopic (exact) mass is 444 g/mol. The molecule has 0 aliphatic rings. The summed E-state index contributed by atoms with van der Waals surface area (Å²) in [6.07, 6.45) is 7.68. The van der Waals surface area contributed by atoms with Crippen LogP contribution in [0.4, 0.5) is 0 Å². The fourth-order valence-corrected chi connectivity index (χ4v) is 25.9. The van der Waals surface area contributed by atoms with E-state index in [0.717, 1.165) is 4.90 Å². The molecular formula is C19H32O2SSn. The Kier molecular flexibility index (Phi) is 10.4. The van der Waals surface area contributed by atoms with Crippen LogP contribution in [-0.2, 0) is 0 Å². The van der Waals surface area contributed by atoms with Gasteiger partial charge in [0.1, 0.15) is 0 Å². The SMILES string of the molecule is CCC[CH2][Sn]([CH2]CCC)([CH2]CCC)[S]c1ccccc1C(=O)O. The summed E-state index contributed by atoms with van der Waals surface area (Å²) in [6.45, 7) is 6.81. The van der Waals surface area contributed by atoms with Crippen LogP contribution in [0.5, 0.6) is 0 Å². The average Bonchev–Trinajstić information content (AvgIpc) is 2.56. The molecule has 1 N–H and O–H groups in total. The van der Waals surface area contributed by atoms with Gasteiger partial charge in [-0.15, -0.1) is 0 Å². The minimum absolute atomic E-state index is 0.503. The van der Waals surface area contributed by atoms with Crippen molar-refractivity contribution in [3.8, 4) is 0 Å². The normalized spacial score (nSPS) is 11.6. The van der Waals surface area contributed by atoms with Crippen LogP contribution >= 0.6 is 8.95 Å². The topological polar surface area (TPSA) is 37.3 Å². The summed E-state index contributed by atoms with van der Waals surface area (Å²) in [5.41, 5.74) is 0.503. The van der Waals surface area contributed by atoms with Gasteiger partial charge in [-0.3, -0.25) is 0 Å². The van der Waals surface area contributed by atoms with Crippen LogP contribution in [0.3, 0.4) is 0 Å². The molecule has 0 fully saturated rings. The van der Waals surface area contributed by atoms with Crippen LogP contribution < -0.4 is 0 Å². The van der Waals surface area contributed by atoms with E-state index >= 15 is 0 Å². The van der Waals surface area contributed by atoms with Crippen molar-refractivity contribution in [1.82, 2.24) is 0 Å². The number of benzene rings is 1. The third kappa shape index (κ3) is 7.08. The Morgan fingerprint density at radius 1 is 0.957 bits per heavy atom. The molecule has 130 valence electrons. The van der Waals surface area contributed by atoms with Crippen molar-refractivity contribution >= 4 is 31.9 Å². The number of carbonyl (C=O) groups is 1. The molecule has 0 spiro atoms.